The van der Waals surface area contributed by atoms with Gasteiger partial charge in [-0.05, 0) is 18.3 Å². The van der Waals surface area contributed by atoms with E-state index in [0.717, 1.165) is 11.8 Å². The van der Waals surface area contributed by atoms with E-state index in [1.807, 2.05) is 0 Å². The van der Waals surface area contributed by atoms with E-state index >= 15 is 0 Å². The van der Waals surface area contributed by atoms with Crippen LogP contribution in [0.4, 0.5) is 0 Å². The number of hydrogen-bond acceptors (Lipinski definition) is 0. The average molecular weight is 300 g/mol. The summed E-state index contributed by atoms with van der Waals surface area (Å²) in [5.74, 6) is 1.62. The molecule has 0 saturated heterocycles. The summed E-state index contributed by atoms with van der Waals surface area (Å²) in [4.78, 5) is 0. The summed E-state index contributed by atoms with van der Waals surface area (Å²) in [5, 5.41) is 0. The molecule has 2 aliphatic carbocycles. The second kappa shape index (κ2) is 23.7. The van der Waals surface area contributed by atoms with Crippen LogP contribution in [0, 0.1) is 38.4 Å². The second-order valence-electron chi connectivity index (χ2n) is 2.33. The Kier molecular flexibility index (Phi) is 36.2. The number of hydrogen-bond donors (Lipinski definition) is 0. The van der Waals surface area contributed by atoms with Crippen molar-refractivity contribution in [2.45, 2.75) is 6.42 Å². The number of allylic oxidation sites excluding steroid dienone is 4. The Hall–Kier alpha value is -0.872. The van der Waals surface area contributed by atoms with Gasteiger partial charge in [-0.1, -0.05) is 24.3 Å². The third-order valence-corrected chi connectivity index (χ3v) is 1.76. The van der Waals surface area contributed by atoms with Crippen LogP contribution in [0.1, 0.15) is 6.42 Å². The molecule has 0 saturated carbocycles. The van der Waals surface area contributed by atoms with Crippen LogP contribution in [0.25, 0.3) is 0 Å². The molecular formula is C11H8MoO4. The van der Waals surface area contributed by atoms with E-state index in [-0.39, 0.29) is 21.1 Å². The molecule has 0 aromatic carbocycles. The summed E-state index contributed by atoms with van der Waals surface area (Å²) in [7, 11) is 0. The summed E-state index contributed by atoms with van der Waals surface area (Å²) < 4.78 is 30.0. The van der Waals surface area contributed by atoms with Gasteiger partial charge in [-0.25, -0.2) is 0 Å². The first-order valence-electron chi connectivity index (χ1n) is 3.63. The Balaban J connectivity index is -0.0000000705. The maximum Gasteiger partial charge on any atom is 0 e. The molecule has 0 radical (unpaired) electrons. The van der Waals surface area contributed by atoms with E-state index in [0.29, 0.717) is 0 Å². The van der Waals surface area contributed by atoms with Crippen molar-refractivity contribution >= 4 is 0 Å². The molecule has 0 heterocycles. The molecule has 0 amide bonds. The second-order valence-corrected chi connectivity index (χ2v) is 2.33. The predicted molar refractivity (Wildman–Crippen MR) is 45.6 cm³/mol. The van der Waals surface area contributed by atoms with Crippen LogP contribution >= 0.6 is 0 Å². The largest absolute Gasteiger partial charge is 0 e. The molecule has 0 aromatic heterocycles. The third kappa shape index (κ3) is 11.2. The van der Waals surface area contributed by atoms with Crippen LogP contribution in [-0.4, -0.2) is 0 Å². The fourth-order valence-corrected chi connectivity index (χ4v) is 1.33. The van der Waals surface area contributed by atoms with Gasteiger partial charge in [0.15, 0.2) is 0 Å². The van der Waals surface area contributed by atoms with Crippen LogP contribution in [0.15, 0.2) is 24.3 Å². The summed E-state index contributed by atoms with van der Waals surface area (Å²) in [6.45, 7) is 18.0. The van der Waals surface area contributed by atoms with Crippen LogP contribution in [-0.2, 0) is 39.7 Å². The monoisotopic (exact) mass is 302 g/mol. The van der Waals surface area contributed by atoms with Gasteiger partial charge in [-0.3, -0.25) is 0 Å². The van der Waals surface area contributed by atoms with Gasteiger partial charge in [-0.15, -0.1) is 0 Å². The first kappa shape index (κ1) is 24.4. The van der Waals surface area contributed by atoms with Crippen molar-refractivity contribution in [3.05, 3.63) is 50.9 Å². The summed E-state index contributed by atoms with van der Waals surface area (Å²) in [6.07, 6.45) is 10.5. The molecule has 2 bridgehead atoms. The van der Waals surface area contributed by atoms with Gasteiger partial charge in [0.1, 0.15) is 0 Å². The Labute approximate surface area is 109 Å². The van der Waals surface area contributed by atoms with Gasteiger partial charge in [0.25, 0.3) is 0 Å². The fraction of sp³-hybridized carbons (Fsp3) is 0.273. The van der Waals surface area contributed by atoms with Gasteiger partial charge in [0.05, 0.1) is 0 Å². The topological polar surface area (TPSA) is 79.6 Å². The van der Waals surface area contributed by atoms with Crippen LogP contribution < -0.4 is 0 Å². The van der Waals surface area contributed by atoms with Gasteiger partial charge < -0.3 is 0 Å². The molecule has 5 heteroatoms. The van der Waals surface area contributed by atoms with Gasteiger partial charge in [0, 0.05) is 21.1 Å². The van der Waals surface area contributed by atoms with Gasteiger partial charge >= 0.3 is 45.2 Å². The molecular weight excluding hydrogens is 292 g/mol. The van der Waals surface area contributed by atoms with Crippen molar-refractivity contribution in [2.75, 3.05) is 0 Å². The molecule has 0 spiro atoms. The maximum absolute atomic E-state index is 7.50. The van der Waals surface area contributed by atoms with E-state index in [2.05, 4.69) is 50.9 Å². The molecule has 0 atom stereocenters. The Bertz CT molecular complexity index is 221. The van der Waals surface area contributed by atoms with Crippen molar-refractivity contribution in [3.8, 4) is 0 Å². The van der Waals surface area contributed by atoms with Crippen LogP contribution in [0.2, 0.25) is 0 Å². The normalized spacial score (nSPS) is 19.5. The molecule has 0 fully saturated rings. The van der Waals surface area contributed by atoms with E-state index in [9.17, 15) is 0 Å². The van der Waals surface area contributed by atoms with Crippen molar-refractivity contribution in [1.82, 2.24) is 0 Å². The first-order valence-corrected chi connectivity index (χ1v) is 3.63. The molecule has 0 aromatic rings. The summed E-state index contributed by atoms with van der Waals surface area (Å²) >= 11 is 0. The van der Waals surface area contributed by atoms with Gasteiger partial charge in [-0.2, -0.15) is 0 Å². The van der Waals surface area contributed by atoms with Crippen molar-refractivity contribution in [3.63, 3.8) is 0 Å². The summed E-state index contributed by atoms with van der Waals surface area (Å²) in [6, 6.07) is 0. The van der Waals surface area contributed by atoms with E-state index in [4.69, 9.17) is 18.6 Å². The maximum atomic E-state index is 7.50. The molecule has 82 valence electrons. The van der Waals surface area contributed by atoms with E-state index in [1.165, 1.54) is 6.42 Å². The minimum Gasteiger partial charge on any atom is 0 e. The minimum absolute atomic E-state index is 0. The Morgan fingerprint density at radius 3 is 0.875 bits per heavy atom. The van der Waals surface area contributed by atoms with E-state index < -0.39 is 0 Å². The zero-order valence-corrected chi connectivity index (χ0v) is 10.2. The number of rotatable bonds is 0. The molecule has 0 N–H and O–H groups in total. The quantitative estimate of drug-likeness (QED) is 0.282. The van der Waals surface area contributed by atoms with Crippen molar-refractivity contribution < 1.29 is 39.7 Å². The van der Waals surface area contributed by atoms with Crippen molar-refractivity contribution in [2.24, 2.45) is 11.8 Å². The van der Waals surface area contributed by atoms with E-state index in [1.54, 1.807) is 0 Å². The smallest absolute Gasteiger partial charge is 0 e. The molecule has 0 aliphatic heterocycles. The molecule has 16 heavy (non-hydrogen) atoms. The SMILES string of the molecule is C1=CC2C=CC1C2.[C-]#[O+].[C-]#[O+].[C-]#[O+].[C-]#[O+].[Mo]. The minimum atomic E-state index is 0. The molecule has 4 nitrogen and oxygen atoms in total. The zero-order chi connectivity index (χ0) is 12.7. The average Bonchev–Trinajstić information content (AvgIpc) is 3.04. The Morgan fingerprint density at radius 1 is 0.625 bits per heavy atom. The first-order chi connectivity index (χ1) is 7.45. The van der Waals surface area contributed by atoms with Gasteiger partial charge in [0.2, 0.25) is 0 Å². The Morgan fingerprint density at radius 2 is 0.812 bits per heavy atom. The summed E-state index contributed by atoms with van der Waals surface area (Å²) in [5.41, 5.74) is 0. The standard InChI is InChI=1S/C7H8.4CO.Mo/c1-2-7-4-3-6(1)5-7;4*1-2;/h1-4,6-7H,5H2;;;;;. The number of fused-ring (bicyclic) bond motifs is 2. The zero-order valence-electron chi connectivity index (χ0n) is 8.21. The molecule has 0 unspecified atom stereocenters. The van der Waals surface area contributed by atoms with Crippen LogP contribution in [0.3, 0.4) is 0 Å². The van der Waals surface area contributed by atoms with Crippen molar-refractivity contribution in [1.29, 1.82) is 0 Å². The molecule has 2 aliphatic rings. The molecule has 2 rings (SSSR count). The van der Waals surface area contributed by atoms with Crippen LogP contribution in [0.5, 0.6) is 0 Å². The fourth-order valence-electron chi connectivity index (χ4n) is 1.33. The third-order valence-electron chi connectivity index (χ3n) is 1.76. The predicted octanol–water partition coefficient (Wildman–Crippen LogP) is 1.60.